The van der Waals surface area contributed by atoms with Crippen LogP contribution in [0.15, 0.2) is 12.1 Å². The van der Waals surface area contributed by atoms with Crippen molar-refractivity contribution < 1.29 is 9.53 Å². The summed E-state index contributed by atoms with van der Waals surface area (Å²) in [6.45, 7) is 3.74. The minimum atomic E-state index is 0.0464. The Balaban J connectivity index is 2.17. The summed E-state index contributed by atoms with van der Waals surface area (Å²) in [4.78, 5) is 12.1. The number of methoxy groups -OCH3 is 1. The van der Waals surface area contributed by atoms with Crippen molar-refractivity contribution in [2.24, 2.45) is 0 Å². The van der Waals surface area contributed by atoms with E-state index in [0.717, 1.165) is 35.5 Å². The van der Waals surface area contributed by atoms with Crippen molar-refractivity contribution in [1.29, 1.82) is 0 Å². The van der Waals surface area contributed by atoms with E-state index in [9.17, 15) is 4.79 Å². The zero-order valence-corrected chi connectivity index (χ0v) is 10.0. The van der Waals surface area contributed by atoms with Crippen LogP contribution in [0, 0.1) is 6.92 Å². The Labute approximate surface area is 100 Å². The third-order valence-electron chi connectivity index (χ3n) is 3.73. The number of rotatable bonds is 1. The number of fused-ring (bicyclic) bond motifs is 3. The molecule has 1 amide bonds. The van der Waals surface area contributed by atoms with E-state index < -0.39 is 0 Å². The molecule has 1 aromatic rings. The first-order valence-electron chi connectivity index (χ1n) is 5.91. The van der Waals surface area contributed by atoms with Gasteiger partial charge in [-0.15, -0.1) is 0 Å². The Bertz CT molecular complexity index is 485. The van der Waals surface area contributed by atoms with E-state index in [4.69, 9.17) is 4.74 Å². The van der Waals surface area contributed by atoms with Gasteiger partial charge >= 0.3 is 0 Å². The van der Waals surface area contributed by atoms with Gasteiger partial charge in [-0.3, -0.25) is 4.79 Å². The van der Waals surface area contributed by atoms with Crippen molar-refractivity contribution in [2.45, 2.75) is 18.9 Å². The second-order valence-corrected chi connectivity index (χ2v) is 4.75. The Morgan fingerprint density at radius 1 is 1.35 bits per heavy atom. The van der Waals surface area contributed by atoms with E-state index in [-0.39, 0.29) is 11.9 Å². The molecular weight excluding hydrogens is 216 g/mol. The fraction of sp³-hybridized carbons (Fsp3) is 0.462. The van der Waals surface area contributed by atoms with Crippen molar-refractivity contribution in [1.82, 2.24) is 10.6 Å². The lowest BCUT2D eigenvalue weighted by molar-refractivity contribution is 0.0923. The molecule has 4 nitrogen and oxygen atoms in total. The molecule has 2 heterocycles. The van der Waals surface area contributed by atoms with E-state index in [1.54, 1.807) is 7.11 Å². The first kappa shape index (κ1) is 10.6. The molecule has 1 fully saturated rings. The van der Waals surface area contributed by atoms with Crippen LogP contribution in [0.25, 0.3) is 0 Å². The van der Waals surface area contributed by atoms with Gasteiger partial charge in [0.2, 0.25) is 0 Å². The highest BCUT2D eigenvalue weighted by Crippen LogP contribution is 2.34. The molecule has 90 valence electrons. The zero-order chi connectivity index (χ0) is 12.0. The van der Waals surface area contributed by atoms with Gasteiger partial charge in [-0.2, -0.15) is 0 Å². The molecular formula is C13H16N2O2. The lowest BCUT2D eigenvalue weighted by atomic mass is 9.84. The molecule has 0 aromatic heterocycles. The van der Waals surface area contributed by atoms with Gasteiger partial charge in [0.25, 0.3) is 5.91 Å². The second-order valence-electron chi connectivity index (χ2n) is 4.75. The minimum Gasteiger partial charge on any atom is -0.497 e. The Morgan fingerprint density at radius 3 is 2.94 bits per heavy atom. The van der Waals surface area contributed by atoms with Gasteiger partial charge in [-0.05, 0) is 30.2 Å². The average Bonchev–Trinajstić information content (AvgIpc) is 2.76. The van der Waals surface area contributed by atoms with Crippen molar-refractivity contribution in [3.8, 4) is 5.75 Å². The molecule has 2 unspecified atom stereocenters. The third-order valence-corrected chi connectivity index (χ3v) is 3.73. The van der Waals surface area contributed by atoms with Gasteiger partial charge in [0.15, 0.2) is 0 Å². The lowest BCUT2D eigenvalue weighted by Gasteiger charge is -2.29. The minimum absolute atomic E-state index is 0.0464. The summed E-state index contributed by atoms with van der Waals surface area (Å²) in [5.74, 6) is 1.25. The number of nitrogens with one attached hydrogen (secondary N) is 2. The van der Waals surface area contributed by atoms with E-state index in [2.05, 4.69) is 10.6 Å². The summed E-state index contributed by atoms with van der Waals surface area (Å²) < 4.78 is 5.29. The Hall–Kier alpha value is -1.55. The molecule has 2 atom stereocenters. The number of ether oxygens (including phenoxy) is 1. The molecule has 0 bridgehead atoms. The highest BCUT2D eigenvalue weighted by Gasteiger charge is 2.37. The van der Waals surface area contributed by atoms with Crippen LogP contribution in [0.2, 0.25) is 0 Å². The largest absolute Gasteiger partial charge is 0.497 e. The molecule has 2 aliphatic heterocycles. The summed E-state index contributed by atoms with van der Waals surface area (Å²) in [6.07, 6.45) is 0. The van der Waals surface area contributed by atoms with Gasteiger partial charge in [-0.1, -0.05) is 0 Å². The van der Waals surface area contributed by atoms with Crippen LogP contribution in [0.5, 0.6) is 5.75 Å². The van der Waals surface area contributed by atoms with Crippen LogP contribution in [-0.2, 0) is 0 Å². The Kier molecular flexibility index (Phi) is 2.33. The topological polar surface area (TPSA) is 50.4 Å². The molecule has 2 aliphatic rings. The van der Waals surface area contributed by atoms with Gasteiger partial charge in [0, 0.05) is 30.6 Å². The normalized spacial score (nSPS) is 26.1. The molecule has 17 heavy (non-hydrogen) atoms. The number of carbonyl (C=O) groups is 1. The highest BCUT2D eigenvalue weighted by molar-refractivity contribution is 5.99. The van der Waals surface area contributed by atoms with Crippen LogP contribution in [-0.4, -0.2) is 32.1 Å². The lowest BCUT2D eigenvalue weighted by Crippen LogP contribution is -2.44. The molecule has 1 saturated heterocycles. The maximum Gasteiger partial charge on any atom is 0.252 e. The number of benzene rings is 1. The predicted octanol–water partition coefficient (Wildman–Crippen LogP) is 0.802. The van der Waals surface area contributed by atoms with Crippen molar-refractivity contribution in [2.75, 3.05) is 20.2 Å². The van der Waals surface area contributed by atoms with Crippen LogP contribution < -0.4 is 15.4 Å². The van der Waals surface area contributed by atoms with Crippen LogP contribution in [0.3, 0.4) is 0 Å². The van der Waals surface area contributed by atoms with E-state index in [1.807, 2.05) is 19.1 Å². The summed E-state index contributed by atoms with van der Waals surface area (Å²) >= 11 is 0. The first-order valence-corrected chi connectivity index (χ1v) is 5.91. The molecule has 0 radical (unpaired) electrons. The fourth-order valence-corrected chi connectivity index (χ4v) is 2.90. The Morgan fingerprint density at radius 2 is 2.18 bits per heavy atom. The standard InChI is InChI=1S/C13H16N2O2/c1-7-3-8(17-2)4-9-10-5-14-6-11(10)15-13(16)12(7)9/h3-4,10-11,14H,5-6H2,1-2H3,(H,15,16). The number of amides is 1. The quantitative estimate of drug-likeness (QED) is 0.753. The maximum atomic E-state index is 12.1. The molecule has 4 heteroatoms. The molecule has 0 saturated carbocycles. The average molecular weight is 232 g/mol. The van der Waals surface area contributed by atoms with Gasteiger partial charge < -0.3 is 15.4 Å². The number of hydrogen-bond acceptors (Lipinski definition) is 3. The van der Waals surface area contributed by atoms with E-state index in [0.29, 0.717) is 5.92 Å². The number of aryl methyl sites for hydroxylation is 1. The molecule has 3 rings (SSSR count). The smallest absolute Gasteiger partial charge is 0.252 e. The van der Waals surface area contributed by atoms with Crippen LogP contribution >= 0.6 is 0 Å². The van der Waals surface area contributed by atoms with Gasteiger partial charge in [0.1, 0.15) is 5.75 Å². The SMILES string of the molecule is COc1cc(C)c2c(c1)C1CNCC1NC2=O. The van der Waals surface area contributed by atoms with E-state index >= 15 is 0 Å². The summed E-state index contributed by atoms with van der Waals surface area (Å²) in [5.41, 5.74) is 2.94. The maximum absolute atomic E-state index is 12.1. The summed E-state index contributed by atoms with van der Waals surface area (Å²) in [6, 6.07) is 4.15. The number of carbonyl (C=O) groups excluding carboxylic acids is 1. The fourth-order valence-electron chi connectivity index (χ4n) is 2.90. The third kappa shape index (κ3) is 1.52. The van der Waals surface area contributed by atoms with Gasteiger partial charge in [-0.25, -0.2) is 0 Å². The summed E-state index contributed by atoms with van der Waals surface area (Å²) in [7, 11) is 1.66. The summed E-state index contributed by atoms with van der Waals surface area (Å²) in [5, 5.41) is 6.40. The molecule has 0 aliphatic carbocycles. The monoisotopic (exact) mass is 232 g/mol. The first-order chi connectivity index (χ1) is 8.20. The van der Waals surface area contributed by atoms with E-state index in [1.165, 1.54) is 0 Å². The highest BCUT2D eigenvalue weighted by atomic mass is 16.5. The second kappa shape index (κ2) is 3.74. The van der Waals surface area contributed by atoms with Crippen LogP contribution in [0.1, 0.15) is 27.4 Å². The van der Waals surface area contributed by atoms with Gasteiger partial charge in [0.05, 0.1) is 7.11 Å². The van der Waals surface area contributed by atoms with Crippen molar-refractivity contribution in [3.05, 3.63) is 28.8 Å². The van der Waals surface area contributed by atoms with Crippen molar-refractivity contribution in [3.63, 3.8) is 0 Å². The number of hydrogen-bond donors (Lipinski definition) is 2. The molecule has 2 N–H and O–H groups in total. The predicted molar refractivity (Wildman–Crippen MR) is 64.6 cm³/mol. The molecule has 1 aromatic carbocycles. The zero-order valence-electron chi connectivity index (χ0n) is 10.0. The van der Waals surface area contributed by atoms with Crippen LogP contribution in [0.4, 0.5) is 0 Å². The molecule has 0 spiro atoms. The van der Waals surface area contributed by atoms with Crippen molar-refractivity contribution >= 4 is 5.91 Å².